The number of rotatable bonds is 6. The number of nitrogens with one attached hydrogen (secondary N) is 1. The van der Waals surface area contributed by atoms with Gasteiger partial charge in [0.25, 0.3) is 0 Å². The molecule has 0 aliphatic rings. The van der Waals surface area contributed by atoms with Crippen LogP contribution in [0.3, 0.4) is 0 Å². The Hall–Kier alpha value is 0.110. The first-order valence-corrected chi connectivity index (χ1v) is 9.42. The molecule has 0 aliphatic carbocycles. The third-order valence-corrected chi connectivity index (χ3v) is 4.53. The van der Waals surface area contributed by atoms with E-state index in [9.17, 15) is 4.21 Å². The zero-order chi connectivity index (χ0) is 16.4. The van der Waals surface area contributed by atoms with Crippen molar-refractivity contribution >= 4 is 10.8 Å². The molecule has 0 saturated carbocycles. The largest absolute Gasteiger partial charge is 0.317 e. The summed E-state index contributed by atoms with van der Waals surface area (Å²) in [5, 5.41) is 3.24. The topological polar surface area (TPSA) is 29.1 Å². The monoisotopic (exact) mass is 305 g/mol. The van der Waals surface area contributed by atoms with Crippen LogP contribution in [0, 0.1) is 10.8 Å². The highest BCUT2D eigenvalue weighted by Crippen LogP contribution is 2.21. The Morgan fingerprint density at radius 3 is 1.75 bits per heavy atom. The fourth-order valence-corrected chi connectivity index (χ4v) is 2.49. The van der Waals surface area contributed by atoms with Gasteiger partial charge in [-0.25, -0.2) is 0 Å². The van der Waals surface area contributed by atoms with Crippen LogP contribution >= 0.6 is 0 Å². The number of hydrogen-bond acceptors (Lipinski definition) is 2. The summed E-state index contributed by atoms with van der Waals surface area (Å²) in [5.41, 5.74) is 0.829. The molecule has 0 saturated heterocycles. The molecule has 0 aliphatic heterocycles. The van der Waals surface area contributed by atoms with Crippen molar-refractivity contribution in [1.29, 1.82) is 0 Å². The summed E-state index contributed by atoms with van der Waals surface area (Å²) in [7, 11) is 1.45. The molecule has 0 heterocycles. The third kappa shape index (κ3) is 20.4. The second kappa shape index (κ2) is 10.8. The maximum absolute atomic E-state index is 11.0. The fourth-order valence-electron chi connectivity index (χ4n) is 1.36. The first kappa shape index (κ1) is 22.4. The second-order valence-electron chi connectivity index (χ2n) is 8.03. The lowest BCUT2D eigenvalue weighted by Gasteiger charge is -2.20. The van der Waals surface area contributed by atoms with E-state index in [0.29, 0.717) is 16.9 Å². The van der Waals surface area contributed by atoms with Gasteiger partial charge in [-0.2, -0.15) is 0 Å². The minimum atomic E-state index is -0.573. The zero-order valence-corrected chi connectivity index (χ0v) is 16.2. The molecular formula is C17H39NOS. The van der Waals surface area contributed by atoms with Gasteiger partial charge in [0, 0.05) is 28.3 Å². The molecule has 0 spiro atoms. The van der Waals surface area contributed by atoms with Crippen LogP contribution in [0.2, 0.25) is 0 Å². The van der Waals surface area contributed by atoms with Crippen molar-refractivity contribution in [2.24, 2.45) is 10.8 Å². The van der Waals surface area contributed by atoms with E-state index in [1.807, 2.05) is 14.0 Å². The second-order valence-corrected chi connectivity index (χ2v) is 9.90. The smallest absolute Gasteiger partial charge is 0.0239 e. The molecule has 2 atom stereocenters. The molecular weight excluding hydrogens is 266 g/mol. The standard InChI is InChI=1S/C9H21N.C8H18OS/c1-8(10-5)6-7-9(2,3)4;1-5-10(9)7-6-8(2,3)4/h8,10H,6-7H2,1-5H3;5-7H2,1-4H3. The summed E-state index contributed by atoms with van der Waals surface area (Å²) in [5.74, 6) is 1.66. The Balaban J connectivity index is 0. The van der Waals surface area contributed by atoms with Gasteiger partial charge < -0.3 is 5.32 Å². The lowest BCUT2D eigenvalue weighted by atomic mass is 9.89. The van der Waals surface area contributed by atoms with E-state index in [-0.39, 0.29) is 0 Å². The van der Waals surface area contributed by atoms with Gasteiger partial charge >= 0.3 is 0 Å². The Bertz CT molecular complexity index is 251. The van der Waals surface area contributed by atoms with Crippen molar-refractivity contribution in [3.05, 3.63) is 0 Å². The molecule has 0 radical (unpaired) electrons. The average Bonchev–Trinajstić information content (AvgIpc) is 2.31. The van der Waals surface area contributed by atoms with Crippen LogP contribution in [-0.4, -0.2) is 28.8 Å². The van der Waals surface area contributed by atoms with Crippen molar-refractivity contribution in [3.8, 4) is 0 Å². The highest BCUT2D eigenvalue weighted by atomic mass is 32.2. The molecule has 20 heavy (non-hydrogen) atoms. The lowest BCUT2D eigenvalue weighted by Crippen LogP contribution is -2.22. The minimum Gasteiger partial charge on any atom is -0.317 e. The maximum atomic E-state index is 11.0. The van der Waals surface area contributed by atoms with Crippen molar-refractivity contribution in [1.82, 2.24) is 5.32 Å². The Morgan fingerprint density at radius 1 is 1.00 bits per heavy atom. The van der Waals surface area contributed by atoms with Gasteiger partial charge in [0.2, 0.25) is 0 Å². The summed E-state index contributed by atoms with van der Waals surface area (Å²) >= 11 is 0. The fraction of sp³-hybridized carbons (Fsp3) is 1.00. The van der Waals surface area contributed by atoms with Crippen LogP contribution in [-0.2, 0) is 10.8 Å². The van der Waals surface area contributed by atoms with Crippen molar-refractivity contribution < 1.29 is 4.21 Å². The van der Waals surface area contributed by atoms with E-state index in [2.05, 4.69) is 53.8 Å². The van der Waals surface area contributed by atoms with Crippen molar-refractivity contribution in [2.75, 3.05) is 18.6 Å². The summed E-state index contributed by atoms with van der Waals surface area (Å²) in [4.78, 5) is 0. The van der Waals surface area contributed by atoms with Crippen LogP contribution in [0.25, 0.3) is 0 Å². The van der Waals surface area contributed by atoms with E-state index in [1.165, 1.54) is 12.8 Å². The average molecular weight is 306 g/mol. The van der Waals surface area contributed by atoms with E-state index in [4.69, 9.17) is 0 Å². The molecule has 124 valence electrons. The highest BCUT2D eigenvalue weighted by Gasteiger charge is 2.11. The molecule has 0 aromatic carbocycles. The van der Waals surface area contributed by atoms with Crippen LogP contribution in [0.15, 0.2) is 0 Å². The van der Waals surface area contributed by atoms with Gasteiger partial charge in [-0.15, -0.1) is 0 Å². The summed E-state index contributed by atoms with van der Waals surface area (Å²) < 4.78 is 11.0. The molecule has 3 heteroatoms. The normalized spacial score (nSPS) is 15.2. The molecule has 2 nitrogen and oxygen atoms in total. The summed E-state index contributed by atoms with van der Waals surface area (Å²) in [6, 6.07) is 0.666. The van der Waals surface area contributed by atoms with E-state index in [1.54, 1.807) is 0 Å². The van der Waals surface area contributed by atoms with Crippen molar-refractivity contribution in [2.45, 2.75) is 80.7 Å². The SMILES string of the molecule is CCS(=O)CCC(C)(C)C.CNC(C)CCC(C)(C)C. The highest BCUT2D eigenvalue weighted by molar-refractivity contribution is 7.84. The van der Waals surface area contributed by atoms with E-state index < -0.39 is 10.8 Å². The predicted molar refractivity (Wildman–Crippen MR) is 94.8 cm³/mol. The Morgan fingerprint density at radius 2 is 1.45 bits per heavy atom. The van der Waals surface area contributed by atoms with Crippen molar-refractivity contribution in [3.63, 3.8) is 0 Å². The molecule has 0 aromatic heterocycles. The van der Waals surface area contributed by atoms with Gasteiger partial charge in [0.15, 0.2) is 0 Å². The predicted octanol–water partition coefficient (Wildman–Crippen LogP) is 4.61. The lowest BCUT2D eigenvalue weighted by molar-refractivity contribution is 0.342. The molecule has 0 aromatic rings. The third-order valence-electron chi connectivity index (χ3n) is 3.22. The quantitative estimate of drug-likeness (QED) is 0.776. The Labute approximate surface area is 131 Å². The van der Waals surface area contributed by atoms with Gasteiger partial charge in [-0.1, -0.05) is 48.5 Å². The molecule has 2 unspecified atom stereocenters. The van der Waals surface area contributed by atoms with Gasteiger partial charge in [0.05, 0.1) is 0 Å². The van der Waals surface area contributed by atoms with Crippen LogP contribution in [0.4, 0.5) is 0 Å². The molecule has 0 fully saturated rings. The first-order chi connectivity index (χ1) is 8.91. The summed E-state index contributed by atoms with van der Waals surface area (Å²) in [6.07, 6.45) is 3.64. The van der Waals surface area contributed by atoms with Gasteiger partial charge in [-0.3, -0.25) is 4.21 Å². The van der Waals surface area contributed by atoms with Gasteiger partial charge in [-0.05, 0) is 44.1 Å². The van der Waals surface area contributed by atoms with Gasteiger partial charge in [0.1, 0.15) is 0 Å². The van der Waals surface area contributed by atoms with Crippen LogP contribution < -0.4 is 5.32 Å². The maximum Gasteiger partial charge on any atom is 0.0239 e. The zero-order valence-electron chi connectivity index (χ0n) is 15.4. The van der Waals surface area contributed by atoms with Crippen LogP contribution in [0.5, 0.6) is 0 Å². The minimum absolute atomic E-state index is 0.338. The first-order valence-electron chi connectivity index (χ1n) is 7.93. The number of hydrogen-bond donors (Lipinski definition) is 1. The van der Waals surface area contributed by atoms with E-state index in [0.717, 1.165) is 17.9 Å². The molecule has 0 rings (SSSR count). The van der Waals surface area contributed by atoms with Crippen LogP contribution in [0.1, 0.15) is 74.7 Å². The Kier molecular flexibility index (Phi) is 12.1. The summed E-state index contributed by atoms with van der Waals surface area (Å²) in [6.45, 7) is 17.6. The molecule has 1 N–H and O–H groups in total. The van der Waals surface area contributed by atoms with E-state index >= 15 is 0 Å². The molecule has 0 amide bonds. The molecule has 0 bridgehead atoms.